The van der Waals surface area contributed by atoms with Gasteiger partial charge in [0.1, 0.15) is 0 Å². The molecule has 4 nitrogen and oxygen atoms in total. The van der Waals surface area contributed by atoms with Crippen LogP contribution in [-0.2, 0) is 16.4 Å². The van der Waals surface area contributed by atoms with Gasteiger partial charge in [-0.15, -0.1) is 0 Å². The van der Waals surface area contributed by atoms with Gasteiger partial charge in [-0.3, -0.25) is 0 Å². The number of aromatic nitrogens is 1. The van der Waals surface area contributed by atoms with Gasteiger partial charge in [-0.05, 0) is 63.3 Å². The summed E-state index contributed by atoms with van der Waals surface area (Å²) in [5, 5.41) is 0. The van der Waals surface area contributed by atoms with Crippen molar-refractivity contribution in [3.05, 3.63) is 52.8 Å². The molecule has 1 heterocycles. The van der Waals surface area contributed by atoms with E-state index in [1.54, 1.807) is 12.1 Å². The molecule has 0 bridgehead atoms. The molecule has 0 aliphatic heterocycles. The Morgan fingerprint density at radius 3 is 2.52 bits per heavy atom. The van der Waals surface area contributed by atoms with Crippen LogP contribution in [0.15, 0.2) is 35.2 Å². The van der Waals surface area contributed by atoms with E-state index in [1.807, 2.05) is 19.1 Å². The molecule has 1 fully saturated rings. The van der Waals surface area contributed by atoms with Crippen LogP contribution in [0.2, 0.25) is 0 Å². The molecule has 1 saturated carbocycles. The molecule has 124 valence electrons. The van der Waals surface area contributed by atoms with Crippen LogP contribution in [-0.4, -0.2) is 19.5 Å². The first-order valence-electron chi connectivity index (χ1n) is 8.13. The van der Waals surface area contributed by atoms with E-state index in [0.29, 0.717) is 17.5 Å². The van der Waals surface area contributed by atoms with Gasteiger partial charge in [-0.25, -0.2) is 13.1 Å². The Balaban J connectivity index is 1.68. The van der Waals surface area contributed by atoms with Gasteiger partial charge in [0.2, 0.25) is 10.0 Å². The zero-order chi connectivity index (χ0) is 16.6. The van der Waals surface area contributed by atoms with E-state index in [-0.39, 0.29) is 0 Å². The monoisotopic (exact) mass is 332 g/mol. The normalized spacial score (nSPS) is 15.1. The fourth-order valence-electron chi connectivity index (χ4n) is 3.25. The Hall–Kier alpha value is -1.59. The van der Waals surface area contributed by atoms with Crippen LogP contribution >= 0.6 is 0 Å². The third kappa shape index (κ3) is 3.35. The number of nitrogens with zero attached hydrogens (tertiary/aromatic N) is 1. The van der Waals surface area contributed by atoms with E-state index in [0.717, 1.165) is 12.0 Å². The summed E-state index contributed by atoms with van der Waals surface area (Å²) in [7, 11) is -3.44. The zero-order valence-electron chi connectivity index (χ0n) is 14.0. The number of sulfonamides is 1. The first kappa shape index (κ1) is 16.3. The highest BCUT2D eigenvalue weighted by Crippen LogP contribution is 2.38. The summed E-state index contributed by atoms with van der Waals surface area (Å²) in [5.41, 5.74) is 4.57. The highest BCUT2D eigenvalue weighted by Gasteiger charge is 2.26. The minimum absolute atomic E-state index is 0.364. The molecule has 0 spiro atoms. The van der Waals surface area contributed by atoms with Crippen molar-refractivity contribution in [2.24, 2.45) is 0 Å². The highest BCUT2D eigenvalue weighted by molar-refractivity contribution is 7.89. The summed E-state index contributed by atoms with van der Waals surface area (Å²) in [4.78, 5) is 0.364. The van der Waals surface area contributed by atoms with Crippen molar-refractivity contribution >= 4 is 10.0 Å². The maximum atomic E-state index is 12.4. The van der Waals surface area contributed by atoms with Crippen molar-refractivity contribution < 1.29 is 8.42 Å². The van der Waals surface area contributed by atoms with Crippen molar-refractivity contribution in [2.45, 2.75) is 51.0 Å². The van der Waals surface area contributed by atoms with Crippen LogP contribution in [0.4, 0.5) is 0 Å². The SMILES string of the molecule is Cc1ccccc1S(=O)(=O)NCCc1cc(C)n(C2CC2)c1C. The summed E-state index contributed by atoms with van der Waals surface area (Å²) < 4.78 is 29.9. The molecule has 0 unspecified atom stereocenters. The standard InChI is InChI=1S/C18H24N2O2S/c1-13-6-4-5-7-18(13)23(21,22)19-11-10-16-12-14(2)20(15(16)3)17-8-9-17/h4-7,12,17,19H,8-11H2,1-3H3. The van der Waals surface area contributed by atoms with Gasteiger partial charge in [0.05, 0.1) is 4.90 Å². The molecular formula is C18H24N2O2S. The first-order valence-corrected chi connectivity index (χ1v) is 9.61. The van der Waals surface area contributed by atoms with Crippen LogP contribution in [0.25, 0.3) is 0 Å². The Morgan fingerprint density at radius 1 is 1.17 bits per heavy atom. The van der Waals surface area contributed by atoms with Crippen molar-refractivity contribution in [2.75, 3.05) is 6.54 Å². The van der Waals surface area contributed by atoms with E-state index in [1.165, 1.54) is 29.8 Å². The molecule has 0 radical (unpaired) electrons. The first-order chi connectivity index (χ1) is 10.9. The largest absolute Gasteiger partial charge is 0.346 e. The summed E-state index contributed by atoms with van der Waals surface area (Å²) >= 11 is 0. The van der Waals surface area contributed by atoms with E-state index in [2.05, 4.69) is 29.2 Å². The molecule has 5 heteroatoms. The van der Waals surface area contributed by atoms with Crippen molar-refractivity contribution in [3.8, 4) is 0 Å². The minimum atomic E-state index is -3.44. The molecule has 3 rings (SSSR count). The fourth-order valence-corrected chi connectivity index (χ4v) is 4.52. The maximum absolute atomic E-state index is 12.4. The van der Waals surface area contributed by atoms with Crippen LogP contribution < -0.4 is 4.72 Å². The Morgan fingerprint density at radius 2 is 1.87 bits per heavy atom. The number of nitrogens with one attached hydrogen (secondary N) is 1. The second kappa shape index (κ2) is 6.13. The average molecular weight is 332 g/mol. The molecule has 1 aliphatic carbocycles. The van der Waals surface area contributed by atoms with E-state index < -0.39 is 10.0 Å². The van der Waals surface area contributed by atoms with Gasteiger partial charge in [0.25, 0.3) is 0 Å². The molecule has 23 heavy (non-hydrogen) atoms. The van der Waals surface area contributed by atoms with Crippen molar-refractivity contribution in [1.29, 1.82) is 0 Å². The second-order valence-corrected chi connectivity index (χ2v) is 8.15. The predicted molar refractivity (Wildman–Crippen MR) is 92.2 cm³/mol. The number of rotatable bonds is 6. The van der Waals surface area contributed by atoms with Crippen LogP contribution in [0.5, 0.6) is 0 Å². The third-order valence-electron chi connectivity index (χ3n) is 4.57. The summed E-state index contributed by atoms with van der Waals surface area (Å²) in [6, 6.07) is 9.92. The molecule has 2 aromatic rings. The van der Waals surface area contributed by atoms with Crippen LogP contribution in [0, 0.1) is 20.8 Å². The van der Waals surface area contributed by atoms with Gasteiger partial charge >= 0.3 is 0 Å². The van der Waals surface area contributed by atoms with Gasteiger partial charge in [-0.1, -0.05) is 18.2 Å². The van der Waals surface area contributed by atoms with Gasteiger partial charge in [0.15, 0.2) is 0 Å². The summed E-state index contributed by atoms with van der Waals surface area (Å²) in [6.45, 7) is 6.51. The molecular weight excluding hydrogens is 308 g/mol. The number of hydrogen-bond donors (Lipinski definition) is 1. The van der Waals surface area contributed by atoms with E-state index in [9.17, 15) is 8.42 Å². The molecule has 1 aromatic carbocycles. The minimum Gasteiger partial charge on any atom is -0.346 e. The van der Waals surface area contributed by atoms with Gasteiger partial charge in [0, 0.05) is 24.0 Å². The lowest BCUT2D eigenvalue weighted by molar-refractivity contribution is 0.581. The second-order valence-electron chi connectivity index (χ2n) is 6.41. The Bertz CT molecular complexity index is 818. The lowest BCUT2D eigenvalue weighted by Crippen LogP contribution is -2.26. The third-order valence-corrected chi connectivity index (χ3v) is 6.19. The van der Waals surface area contributed by atoms with Crippen molar-refractivity contribution in [3.63, 3.8) is 0 Å². The molecule has 1 N–H and O–H groups in total. The topological polar surface area (TPSA) is 51.1 Å². The van der Waals surface area contributed by atoms with Crippen molar-refractivity contribution in [1.82, 2.24) is 9.29 Å². The predicted octanol–water partition coefficient (Wildman–Crippen LogP) is 3.27. The molecule has 0 atom stereocenters. The molecule has 0 saturated heterocycles. The molecule has 1 aliphatic rings. The highest BCUT2D eigenvalue weighted by atomic mass is 32.2. The smallest absolute Gasteiger partial charge is 0.240 e. The Labute approximate surface area is 138 Å². The molecule has 0 amide bonds. The number of hydrogen-bond acceptors (Lipinski definition) is 2. The van der Waals surface area contributed by atoms with Crippen LogP contribution in [0.1, 0.15) is 41.4 Å². The average Bonchev–Trinajstić information content (AvgIpc) is 3.27. The zero-order valence-corrected chi connectivity index (χ0v) is 14.8. The van der Waals surface area contributed by atoms with Crippen LogP contribution in [0.3, 0.4) is 0 Å². The summed E-state index contributed by atoms with van der Waals surface area (Å²) in [5.74, 6) is 0. The van der Waals surface area contributed by atoms with Gasteiger partial charge in [-0.2, -0.15) is 0 Å². The van der Waals surface area contributed by atoms with E-state index in [4.69, 9.17) is 0 Å². The molecule has 1 aromatic heterocycles. The van der Waals surface area contributed by atoms with E-state index >= 15 is 0 Å². The Kier molecular flexibility index (Phi) is 4.34. The lowest BCUT2D eigenvalue weighted by Gasteiger charge is -2.10. The lowest BCUT2D eigenvalue weighted by atomic mass is 10.2. The van der Waals surface area contributed by atoms with Gasteiger partial charge < -0.3 is 4.57 Å². The number of aryl methyl sites for hydroxylation is 2. The summed E-state index contributed by atoms with van der Waals surface area (Å²) in [6.07, 6.45) is 3.24. The quantitative estimate of drug-likeness (QED) is 0.882. The maximum Gasteiger partial charge on any atom is 0.240 e. The fraction of sp³-hybridized carbons (Fsp3) is 0.444. The number of benzene rings is 1.